The molecule has 5 nitrogen and oxygen atoms in total. The van der Waals surface area contributed by atoms with Crippen LogP contribution in [-0.2, 0) is 9.59 Å². The van der Waals surface area contributed by atoms with Gasteiger partial charge in [-0.1, -0.05) is 17.7 Å². The number of piperidine rings is 1. The summed E-state index contributed by atoms with van der Waals surface area (Å²) in [5.74, 6) is 0.0551. The van der Waals surface area contributed by atoms with Crippen LogP contribution >= 0.6 is 0 Å². The zero-order chi connectivity index (χ0) is 18.2. The van der Waals surface area contributed by atoms with Crippen LogP contribution in [0, 0.1) is 32.1 Å². The predicted octanol–water partition coefficient (Wildman–Crippen LogP) is 2.40. The lowest BCUT2D eigenvalue weighted by Gasteiger charge is -2.25. The minimum atomic E-state index is -0.137. The predicted molar refractivity (Wildman–Crippen MR) is 99.6 cm³/mol. The van der Waals surface area contributed by atoms with Crippen molar-refractivity contribution < 1.29 is 9.59 Å². The van der Waals surface area contributed by atoms with E-state index in [9.17, 15) is 9.59 Å². The summed E-state index contributed by atoms with van der Waals surface area (Å²) in [7, 11) is 1.74. The number of likely N-dealkylation sites (N-methyl/N-ethyl adjacent to an activating group) is 1. The Hall–Kier alpha value is -1.88. The van der Waals surface area contributed by atoms with Gasteiger partial charge in [0.25, 0.3) is 0 Å². The number of carbonyl (C=O) groups is 2. The molecule has 2 fully saturated rings. The molecule has 1 spiro atoms. The Balaban J connectivity index is 1.57. The Morgan fingerprint density at radius 2 is 1.96 bits per heavy atom. The normalized spacial score (nSPS) is 24.9. The summed E-state index contributed by atoms with van der Waals surface area (Å²) in [5.41, 5.74) is 4.30. The molecule has 1 saturated heterocycles. The minimum absolute atomic E-state index is 0.0842. The summed E-state index contributed by atoms with van der Waals surface area (Å²) < 4.78 is 0. The van der Waals surface area contributed by atoms with Crippen LogP contribution in [0.3, 0.4) is 0 Å². The van der Waals surface area contributed by atoms with Gasteiger partial charge in [-0.05, 0) is 63.1 Å². The van der Waals surface area contributed by atoms with E-state index in [0.29, 0.717) is 0 Å². The molecule has 1 aliphatic carbocycles. The molecule has 5 heteroatoms. The summed E-state index contributed by atoms with van der Waals surface area (Å²) in [6.07, 6.45) is 3.22. The average Bonchev–Trinajstić information content (AvgIpc) is 3.23. The fourth-order valence-corrected chi connectivity index (χ4v) is 4.28. The third-order valence-electron chi connectivity index (χ3n) is 5.69. The quantitative estimate of drug-likeness (QED) is 0.882. The molecule has 0 aromatic heterocycles. The average molecular weight is 343 g/mol. The first-order chi connectivity index (χ1) is 11.8. The van der Waals surface area contributed by atoms with E-state index < -0.39 is 0 Å². The van der Waals surface area contributed by atoms with E-state index >= 15 is 0 Å². The first-order valence-electron chi connectivity index (χ1n) is 9.16. The second kappa shape index (κ2) is 6.79. The highest BCUT2D eigenvalue weighted by molar-refractivity contribution is 5.96. The molecule has 2 atom stereocenters. The molecule has 1 aromatic carbocycles. The highest BCUT2D eigenvalue weighted by Gasteiger charge is 2.58. The van der Waals surface area contributed by atoms with Crippen molar-refractivity contribution in [2.24, 2.45) is 11.3 Å². The molecule has 1 aliphatic heterocycles. The van der Waals surface area contributed by atoms with Crippen LogP contribution in [0.15, 0.2) is 12.1 Å². The number of anilines is 1. The van der Waals surface area contributed by atoms with Crippen molar-refractivity contribution in [1.82, 2.24) is 10.2 Å². The van der Waals surface area contributed by atoms with Gasteiger partial charge in [-0.2, -0.15) is 0 Å². The van der Waals surface area contributed by atoms with E-state index in [1.54, 1.807) is 11.9 Å². The maximum absolute atomic E-state index is 12.7. The summed E-state index contributed by atoms with van der Waals surface area (Å²) in [4.78, 5) is 26.7. The first kappa shape index (κ1) is 17.9. The number of aryl methyl sites for hydroxylation is 3. The van der Waals surface area contributed by atoms with Crippen LogP contribution in [0.2, 0.25) is 0 Å². The Bertz CT molecular complexity index is 669. The van der Waals surface area contributed by atoms with Gasteiger partial charge in [0.05, 0.1) is 6.54 Å². The van der Waals surface area contributed by atoms with Crippen LogP contribution in [-0.4, -0.2) is 43.4 Å². The van der Waals surface area contributed by atoms with Crippen molar-refractivity contribution in [3.05, 3.63) is 28.8 Å². The van der Waals surface area contributed by atoms with Crippen molar-refractivity contribution >= 4 is 17.5 Å². The third-order valence-corrected chi connectivity index (χ3v) is 5.69. The van der Waals surface area contributed by atoms with E-state index in [0.717, 1.165) is 49.2 Å². The number of hydrogen-bond donors (Lipinski definition) is 2. The fourth-order valence-electron chi connectivity index (χ4n) is 4.28. The molecular weight excluding hydrogens is 314 g/mol. The lowest BCUT2D eigenvalue weighted by atomic mass is 9.93. The first-order valence-corrected chi connectivity index (χ1v) is 9.16. The number of hydrogen-bond acceptors (Lipinski definition) is 3. The van der Waals surface area contributed by atoms with E-state index in [2.05, 4.69) is 22.8 Å². The van der Waals surface area contributed by atoms with Gasteiger partial charge in [-0.15, -0.1) is 0 Å². The number of carbonyl (C=O) groups excluding carboxylic acids is 2. The van der Waals surface area contributed by atoms with Gasteiger partial charge in [0, 0.05) is 25.2 Å². The SMILES string of the molecule is Cc1cc(C)c(NC(=O)CN(C)C(=O)C2CC23CCCNC3)c(C)c1. The highest BCUT2D eigenvalue weighted by atomic mass is 16.2. The van der Waals surface area contributed by atoms with E-state index in [4.69, 9.17) is 0 Å². The molecule has 0 radical (unpaired) electrons. The second-order valence-corrected chi connectivity index (χ2v) is 7.92. The van der Waals surface area contributed by atoms with Gasteiger partial charge in [0.2, 0.25) is 11.8 Å². The lowest BCUT2D eigenvalue weighted by molar-refractivity contribution is -0.135. The van der Waals surface area contributed by atoms with Gasteiger partial charge >= 0.3 is 0 Å². The Morgan fingerprint density at radius 1 is 1.28 bits per heavy atom. The van der Waals surface area contributed by atoms with Crippen molar-refractivity contribution in [3.8, 4) is 0 Å². The van der Waals surface area contributed by atoms with E-state index in [1.165, 1.54) is 5.56 Å². The number of amides is 2. The van der Waals surface area contributed by atoms with Crippen LogP contribution in [0.1, 0.15) is 36.0 Å². The van der Waals surface area contributed by atoms with Gasteiger partial charge in [-0.25, -0.2) is 0 Å². The highest BCUT2D eigenvalue weighted by Crippen LogP contribution is 2.57. The molecular formula is C20H29N3O2. The maximum atomic E-state index is 12.7. The number of nitrogens with zero attached hydrogens (tertiary/aromatic N) is 1. The van der Waals surface area contributed by atoms with E-state index in [1.807, 2.05) is 20.8 Å². The summed E-state index contributed by atoms with van der Waals surface area (Å²) in [6.45, 7) is 8.12. The summed E-state index contributed by atoms with van der Waals surface area (Å²) in [6, 6.07) is 4.11. The van der Waals surface area contributed by atoms with Crippen LogP contribution in [0.4, 0.5) is 5.69 Å². The number of benzene rings is 1. The zero-order valence-electron chi connectivity index (χ0n) is 15.7. The van der Waals surface area contributed by atoms with Gasteiger partial charge < -0.3 is 15.5 Å². The molecule has 25 heavy (non-hydrogen) atoms. The number of nitrogens with one attached hydrogen (secondary N) is 2. The fraction of sp³-hybridized carbons (Fsp3) is 0.600. The third kappa shape index (κ3) is 3.71. The van der Waals surface area contributed by atoms with Gasteiger partial charge in [0.1, 0.15) is 0 Å². The standard InChI is InChI=1S/C20H29N3O2/c1-13-8-14(2)18(15(3)9-13)22-17(24)11-23(4)19(25)16-10-20(16)6-5-7-21-12-20/h8-9,16,21H,5-7,10-12H2,1-4H3,(H,22,24). The van der Waals surface area contributed by atoms with Crippen LogP contribution < -0.4 is 10.6 Å². The van der Waals surface area contributed by atoms with Crippen molar-refractivity contribution in [3.63, 3.8) is 0 Å². The van der Waals surface area contributed by atoms with Gasteiger partial charge in [-0.3, -0.25) is 9.59 Å². The monoisotopic (exact) mass is 343 g/mol. The van der Waals surface area contributed by atoms with E-state index in [-0.39, 0.29) is 29.7 Å². The lowest BCUT2D eigenvalue weighted by Crippen LogP contribution is -2.39. The largest absolute Gasteiger partial charge is 0.336 e. The molecule has 3 rings (SSSR count). The molecule has 136 valence electrons. The molecule has 2 amide bonds. The summed E-state index contributed by atoms with van der Waals surface area (Å²) in [5, 5.41) is 6.38. The summed E-state index contributed by atoms with van der Waals surface area (Å²) >= 11 is 0. The molecule has 1 heterocycles. The second-order valence-electron chi connectivity index (χ2n) is 7.92. The molecule has 2 N–H and O–H groups in total. The van der Waals surface area contributed by atoms with Crippen molar-refractivity contribution in [2.75, 3.05) is 32.0 Å². The van der Waals surface area contributed by atoms with Crippen molar-refractivity contribution in [1.29, 1.82) is 0 Å². The van der Waals surface area contributed by atoms with Gasteiger partial charge in [0.15, 0.2) is 0 Å². The Morgan fingerprint density at radius 3 is 2.56 bits per heavy atom. The van der Waals surface area contributed by atoms with Crippen LogP contribution in [0.5, 0.6) is 0 Å². The van der Waals surface area contributed by atoms with Crippen LogP contribution in [0.25, 0.3) is 0 Å². The molecule has 1 saturated carbocycles. The molecule has 0 bridgehead atoms. The topological polar surface area (TPSA) is 61.4 Å². The smallest absolute Gasteiger partial charge is 0.243 e. The molecule has 2 unspecified atom stereocenters. The zero-order valence-corrected chi connectivity index (χ0v) is 15.7. The molecule has 1 aromatic rings. The maximum Gasteiger partial charge on any atom is 0.243 e. The Labute approximate surface area is 150 Å². The minimum Gasteiger partial charge on any atom is -0.336 e. The number of rotatable bonds is 4. The Kier molecular flexibility index (Phi) is 4.87. The van der Waals surface area contributed by atoms with Crippen molar-refractivity contribution in [2.45, 2.75) is 40.0 Å². The molecule has 2 aliphatic rings.